The zero-order valence-corrected chi connectivity index (χ0v) is 23.8. The molecule has 0 saturated carbocycles. The fraction of sp³-hybridized carbons (Fsp3) is 0.344. The molecule has 210 valence electrons. The maximum atomic E-state index is 14.0. The molecule has 7 nitrogen and oxygen atoms in total. The first-order valence-electron chi connectivity index (χ1n) is 13.6. The maximum absolute atomic E-state index is 14.0. The van der Waals surface area contributed by atoms with Crippen LogP contribution in [-0.2, 0) is 9.47 Å². The van der Waals surface area contributed by atoms with E-state index in [2.05, 4.69) is 4.90 Å². The normalized spacial score (nSPS) is 13.8. The van der Waals surface area contributed by atoms with Crippen molar-refractivity contribution in [3.8, 4) is 27.7 Å². The Balaban J connectivity index is 1.39. The molecule has 1 aliphatic rings. The van der Waals surface area contributed by atoms with E-state index in [9.17, 15) is 4.79 Å². The summed E-state index contributed by atoms with van der Waals surface area (Å²) in [6.07, 6.45) is 3.86. The van der Waals surface area contributed by atoms with E-state index in [1.54, 1.807) is 25.6 Å². The number of carbonyl (C=O) groups is 1. The molecule has 1 saturated heterocycles. The summed E-state index contributed by atoms with van der Waals surface area (Å²) >= 11 is 1.56. The minimum absolute atomic E-state index is 0.0358. The Kier molecular flexibility index (Phi) is 9.67. The van der Waals surface area contributed by atoms with Crippen LogP contribution < -0.4 is 14.2 Å². The molecule has 2 heterocycles. The first kappa shape index (κ1) is 28.1. The lowest BCUT2D eigenvalue weighted by atomic mass is 9.97. The highest BCUT2D eigenvalue weighted by Gasteiger charge is 2.22. The number of likely N-dealkylation sites (tertiary alicyclic amines) is 1. The minimum Gasteiger partial charge on any atom is -0.492 e. The Hall–Kier alpha value is -3.43. The van der Waals surface area contributed by atoms with Gasteiger partial charge in [-0.15, -0.1) is 11.3 Å². The van der Waals surface area contributed by atoms with Crippen LogP contribution in [0, 0.1) is 0 Å². The van der Waals surface area contributed by atoms with Crippen LogP contribution in [0.4, 0.5) is 0 Å². The molecule has 8 heteroatoms. The van der Waals surface area contributed by atoms with Crippen molar-refractivity contribution < 1.29 is 28.5 Å². The Morgan fingerprint density at radius 2 is 1.40 bits per heavy atom. The van der Waals surface area contributed by atoms with Crippen LogP contribution >= 0.6 is 11.3 Å². The molecule has 0 N–H and O–H groups in total. The van der Waals surface area contributed by atoms with Gasteiger partial charge in [-0.2, -0.15) is 0 Å². The highest BCUT2D eigenvalue weighted by Crippen LogP contribution is 2.41. The fourth-order valence-corrected chi connectivity index (χ4v) is 6.11. The molecule has 0 spiro atoms. The average molecular weight is 562 g/mol. The molecule has 5 rings (SSSR count). The third-order valence-electron chi connectivity index (χ3n) is 6.93. The van der Waals surface area contributed by atoms with Crippen LogP contribution in [0.3, 0.4) is 0 Å². The SMILES string of the molecule is COCOc1ccc(-c2sc3cc(OCOC)ccc3c2C(=O)c2ccc(OCCN3CCCCC3)cc2)cc1. The molecule has 0 amide bonds. The van der Waals surface area contributed by atoms with Crippen molar-refractivity contribution in [2.45, 2.75) is 19.3 Å². The summed E-state index contributed by atoms with van der Waals surface area (Å²) in [4.78, 5) is 17.3. The van der Waals surface area contributed by atoms with Gasteiger partial charge in [0, 0.05) is 46.9 Å². The number of nitrogens with zero attached hydrogens (tertiary/aromatic N) is 1. The monoisotopic (exact) mass is 561 g/mol. The fourth-order valence-electron chi connectivity index (χ4n) is 4.87. The Labute approximate surface area is 239 Å². The van der Waals surface area contributed by atoms with E-state index < -0.39 is 0 Å². The van der Waals surface area contributed by atoms with Gasteiger partial charge >= 0.3 is 0 Å². The molecule has 0 atom stereocenters. The third kappa shape index (κ3) is 6.82. The van der Waals surface area contributed by atoms with E-state index in [0.717, 1.165) is 45.9 Å². The summed E-state index contributed by atoms with van der Waals surface area (Å²) < 4.78 is 28.2. The standard InChI is InChI=1S/C32H35NO6S/c1-35-21-38-26-12-8-24(9-13-26)32-30(28-15-14-27(39-22-36-2)20-29(28)40-32)31(34)23-6-10-25(11-7-23)37-19-18-33-16-4-3-5-17-33/h6-15,20H,3-5,16-19,21-22H2,1-2H3. The molecule has 3 aromatic carbocycles. The molecule has 1 aromatic heterocycles. The van der Waals surface area contributed by atoms with Gasteiger partial charge in [-0.25, -0.2) is 0 Å². The van der Waals surface area contributed by atoms with Crippen molar-refractivity contribution >= 4 is 27.2 Å². The largest absolute Gasteiger partial charge is 0.492 e. The van der Waals surface area contributed by atoms with E-state index in [4.69, 9.17) is 23.7 Å². The third-order valence-corrected chi connectivity index (χ3v) is 8.14. The number of benzene rings is 3. The molecule has 4 aromatic rings. The summed E-state index contributed by atoms with van der Waals surface area (Å²) in [5.74, 6) is 2.13. The van der Waals surface area contributed by atoms with Gasteiger partial charge < -0.3 is 23.7 Å². The van der Waals surface area contributed by atoms with Gasteiger partial charge in [0.2, 0.25) is 0 Å². The maximum Gasteiger partial charge on any atom is 0.195 e. The number of ketones is 1. The van der Waals surface area contributed by atoms with Crippen LogP contribution in [0.15, 0.2) is 66.7 Å². The molecule has 0 bridgehead atoms. The second-order valence-corrected chi connectivity index (χ2v) is 10.7. The van der Waals surface area contributed by atoms with Crippen LogP contribution in [0.25, 0.3) is 20.5 Å². The molecule has 0 radical (unpaired) electrons. The topological polar surface area (TPSA) is 66.5 Å². The van der Waals surface area contributed by atoms with Crippen molar-refractivity contribution in [1.82, 2.24) is 4.90 Å². The first-order chi connectivity index (χ1) is 19.7. The summed E-state index contributed by atoms with van der Waals surface area (Å²) in [6, 6.07) is 20.9. The molecule has 1 aliphatic heterocycles. The lowest BCUT2D eigenvalue weighted by Crippen LogP contribution is -2.33. The van der Waals surface area contributed by atoms with Gasteiger partial charge in [0.15, 0.2) is 19.4 Å². The predicted octanol–water partition coefficient (Wildman–Crippen LogP) is 6.63. The lowest BCUT2D eigenvalue weighted by molar-refractivity contribution is 0.0510. The quantitative estimate of drug-likeness (QED) is 0.134. The van der Waals surface area contributed by atoms with E-state index in [-0.39, 0.29) is 19.4 Å². The Bertz CT molecular complexity index is 1390. The van der Waals surface area contributed by atoms with Crippen LogP contribution in [0.5, 0.6) is 17.2 Å². The van der Waals surface area contributed by atoms with Crippen LogP contribution in [-0.4, -0.2) is 64.7 Å². The lowest BCUT2D eigenvalue weighted by Gasteiger charge is -2.26. The second-order valence-electron chi connectivity index (χ2n) is 9.69. The smallest absolute Gasteiger partial charge is 0.195 e. The second kappa shape index (κ2) is 13.8. The van der Waals surface area contributed by atoms with Gasteiger partial charge in [0.1, 0.15) is 23.9 Å². The van der Waals surface area contributed by atoms with E-state index in [0.29, 0.717) is 29.2 Å². The number of thiophene rings is 1. The average Bonchev–Trinajstić information content (AvgIpc) is 3.38. The number of ether oxygens (including phenoxy) is 5. The molecule has 0 aliphatic carbocycles. The van der Waals surface area contributed by atoms with E-state index >= 15 is 0 Å². The van der Waals surface area contributed by atoms with E-state index in [1.165, 1.54) is 19.3 Å². The number of rotatable bonds is 13. The van der Waals surface area contributed by atoms with Gasteiger partial charge in [-0.3, -0.25) is 9.69 Å². The molecule has 40 heavy (non-hydrogen) atoms. The van der Waals surface area contributed by atoms with Crippen molar-refractivity contribution in [3.63, 3.8) is 0 Å². The number of hydrogen-bond acceptors (Lipinski definition) is 8. The number of hydrogen-bond donors (Lipinski definition) is 0. The first-order valence-corrected chi connectivity index (χ1v) is 14.4. The number of carbonyl (C=O) groups excluding carboxylic acids is 1. The van der Waals surface area contributed by atoms with Crippen molar-refractivity contribution in [3.05, 3.63) is 77.9 Å². The summed E-state index contributed by atoms with van der Waals surface area (Å²) in [5.41, 5.74) is 2.22. The molecular weight excluding hydrogens is 526 g/mol. The van der Waals surface area contributed by atoms with E-state index in [1.807, 2.05) is 66.7 Å². The Morgan fingerprint density at radius 1 is 0.775 bits per heavy atom. The number of fused-ring (bicyclic) bond motifs is 1. The highest BCUT2D eigenvalue weighted by atomic mass is 32.1. The van der Waals surface area contributed by atoms with Crippen LogP contribution in [0.1, 0.15) is 35.2 Å². The van der Waals surface area contributed by atoms with Crippen molar-refractivity contribution in [2.24, 2.45) is 0 Å². The van der Waals surface area contributed by atoms with Gasteiger partial charge in [0.05, 0.1) is 0 Å². The van der Waals surface area contributed by atoms with Gasteiger partial charge in [-0.1, -0.05) is 6.42 Å². The molecular formula is C32H35NO6S. The minimum atomic E-state index is -0.0358. The van der Waals surface area contributed by atoms with Crippen LogP contribution in [0.2, 0.25) is 0 Å². The van der Waals surface area contributed by atoms with Gasteiger partial charge in [0.25, 0.3) is 0 Å². The number of piperidine rings is 1. The van der Waals surface area contributed by atoms with Crippen molar-refractivity contribution in [1.29, 1.82) is 0 Å². The molecule has 0 unspecified atom stereocenters. The summed E-state index contributed by atoms with van der Waals surface area (Å²) in [6.45, 7) is 4.20. The highest BCUT2D eigenvalue weighted by molar-refractivity contribution is 7.22. The predicted molar refractivity (Wildman–Crippen MR) is 158 cm³/mol. The Morgan fingerprint density at radius 3 is 2.10 bits per heavy atom. The zero-order chi connectivity index (χ0) is 27.7. The number of methoxy groups -OCH3 is 2. The van der Waals surface area contributed by atoms with Crippen molar-refractivity contribution in [2.75, 3.05) is 54.0 Å². The summed E-state index contributed by atoms with van der Waals surface area (Å²) in [5, 5.41) is 0.885. The molecule has 1 fully saturated rings. The zero-order valence-electron chi connectivity index (χ0n) is 23.0. The summed E-state index contributed by atoms with van der Waals surface area (Å²) in [7, 11) is 3.17. The van der Waals surface area contributed by atoms with Gasteiger partial charge in [-0.05, 0) is 98.2 Å².